The summed E-state index contributed by atoms with van der Waals surface area (Å²) in [4.78, 5) is 10.9. The Kier molecular flexibility index (Phi) is 3.88. The number of hydrogen-bond acceptors (Lipinski definition) is 1. The molecule has 1 atom stereocenters. The highest BCUT2D eigenvalue weighted by Gasteiger charge is 2.33. The van der Waals surface area contributed by atoms with Gasteiger partial charge in [0.15, 0.2) is 0 Å². The largest absolute Gasteiger partial charge is 0.481 e. The van der Waals surface area contributed by atoms with Crippen LogP contribution in [0.15, 0.2) is 42.5 Å². The minimum Gasteiger partial charge on any atom is -0.481 e. The smallest absolute Gasteiger partial charge is 0.416 e. The van der Waals surface area contributed by atoms with E-state index in [2.05, 4.69) is 0 Å². The van der Waals surface area contributed by atoms with Gasteiger partial charge in [-0.2, -0.15) is 13.2 Å². The molecule has 0 fully saturated rings. The lowest BCUT2D eigenvalue weighted by Gasteiger charge is -2.29. The van der Waals surface area contributed by atoms with E-state index in [1.807, 2.05) is 24.3 Å². The normalized spacial score (nSPS) is 16.6. The van der Waals surface area contributed by atoms with E-state index >= 15 is 0 Å². The molecular weight excluding hydrogens is 305 g/mol. The number of hydrogen-bond donors (Lipinski definition) is 1. The molecule has 3 rings (SSSR count). The second kappa shape index (κ2) is 5.72. The first-order valence-corrected chi connectivity index (χ1v) is 7.36. The van der Waals surface area contributed by atoms with Crippen molar-refractivity contribution in [3.63, 3.8) is 0 Å². The molecule has 0 saturated heterocycles. The summed E-state index contributed by atoms with van der Waals surface area (Å²) >= 11 is 0. The summed E-state index contributed by atoms with van der Waals surface area (Å²) in [5.74, 6) is -1.07. The van der Waals surface area contributed by atoms with Gasteiger partial charge in [0.25, 0.3) is 0 Å². The molecule has 0 aliphatic heterocycles. The SMILES string of the molecule is O=C(O)CCC1c2ccccc2Cc2cc(C(F)(F)F)ccc21. The molecule has 1 aliphatic rings. The third-order valence-electron chi connectivity index (χ3n) is 4.30. The topological polar surface area (TPSA) is 37.3 Å². The first kappa shape index (κ1) is 15.6. The van der Waals surface area contributed by atoms with E-state index < -0.39 is 17.7 Å². The van der Waals surface area contributed by atoms with E-state index in [9.17, 15) is 18.0 Å². The molecule has 0 aromatic heterocycles. The predicted octanol–water partition coefficient (Wildman–Crippen LogP) is 4.61. The van der Waals surface area contributed by atoms with Crippen molar-refractivity contribution < 1.29 is 23.1 Å². The van der Waals surface area contributed by atoms with Crippen LogP contribution in [-0.4, -0.2) is 11.1 Å². The van der Waals surface area contributed by atoms with Crippen LogP contribution >= 0.6 is 0 Å². The highest BCUT2D eigenvalue weighted by molar-refractivity contribution is 5.67. The molecule has 0 heterocycles. The summed E-state index contributed by atoms with van der Waals surface area (Å²) in [5.41, 5.74) is 2.76. The van der Waals surface area contributed by atoms with E-state index in [-0.39, 0.29) is 12.3 Å². The summed E-state index contributed by atoms with van der Waals surface area (Å²) in [6, 6.07) is 11.3. The van der Waals surface area contributed by atoms with Crippen molar-refractivity contribution >= 4 is 5.97 Å². The standard InChI is InChI=1S/C18H15F3O2/c19-18(20,21)13-5-6-15-12(10-13)9-11-3-1-2-4-14(11)16(15)7-8-17(22)23/h1-6,10,16H,7-9H2,(H,22,23). The summed E-state index contributed by atoms with van der Waals surface area (Å²) in [6.07, 6.45) is -3.56. The van der Waals surface area contributed by atoms with Gasteiger partial charge >= 0.3 is 12.1 Å². The lowest BCUT2D eigenvalue weighted by atomic mass is 9.75. The maximum absolute atomic E-state index is 12.9. The minimum atomic E-state index is -4.37. The molecule has 5 heteroatoms. The zero-order valence-corrected chi connectivity index (χ0v) is 12.2. The number of carboxylic acids is 1. The Morgan fingerprint density at radius 3 is 2.48 bits per heavy atom. The average molecular weight is 320 g/mol. The van der Waals surface area contributed by atoms with Crippen LogP contribution in [0.3, 0.4) is 0 Å². The molecule has 2 aromatic rings. The van der Waals surface area contributed by atoms with Crippen molar-refractivity contribution in [1.82, 2.24) is 0 Å². The molecule has 1 aliphatic carbocycles. The third kappa shape index (κ3) is 3.09. The van der Waals surface area contributed by atoms with Crippen molar-refractivity contribution in [2.45, 2.75) is 31.4 Å². The number of alkyl halides is 3. The first-order chi connectivity index (χ1) is 10.9. The van der Waals surface area contributed by atoms with Crippen molar-refractivity contribution in [1.29, 1.82) is 0 Å². The summed E-state index contributed by atoms with van der Waals surface area (Å²) in [6.45, 7) is 0. The number of fused-ring (bicyclic) bond motifs is 2. The Balaban J connectivity index is 2.05. The van der Waals surface area contributed by atoms with E-state index in [1.165, 1.54) is 12.1 Å². The number of aliphatic carboxylic acids is 1. The van der Waals surface area contributed by atoms with Gasteiger partial charge in [-0.05, 0) is 47.2 Å². The fraction of sp³-hybridized carbons (Fsp3) is 0.278. The Labute approximate surface area is 131 Å². The van der Waals surface area contributed by atoms with Gasteiger partial charge in [0.2, 0.25) is 0 Å². The number of rotatable bonds is 3. The second-order valence-electron chi connectivity index (χ2n) is 5.77. The van der Waals surface area contributed by atoms with Crippen LogP contribution in [0, 0.1) is 0 Å². The number of benzene rings is 2. The molecule has 2 nitrogen and oxygen atoms in total. The molecule has 0 saturated carbocycles. The second-order valence-corrected chi connectivity index (χ2v) is 5.77. The Morgan fingerprint density at radius 2 is 1.78 bits per heavy atom. The zero-order chi connectivity index (χ0) is 16.6. The monoisotopic (exact) mass is 320 g/mol. The highest BCUT2D eigenvalue weighted by Crippen LogP contribution is 2.41. The third-order valence-corrected chi connectivity index (χ3v) is 4.30. The van der Waals surface area contributed by atoms with Crippen LogP contribution in [0.1, 0.15) is 46.6 Å². The van der Waals surface area contributed by atoms with Crippen molar-refractivity contribution in [3.8, 4) is 0 Å². The highest BCUT2D eigenvalue weighted by atomic mass is 19.4. The van der Waals surface area contributed by atoms with Crippen molar-refractivity contribution in [3.05, 3.63) is 70.3 Å². The Hall–Kier alpha value is -2.30. The summed E-state index contributed by atoms with van der Waals surface area (Å²) in [5, 5.41) is 8.94. The summed E-state index contributed by atoms with van der Waals surface area (Å²) < 4.78 is 38.8. The first-order valence-electron chi connectivity index (χ1n) is 7.36. The molecule has 0 bridgehead atoms. The van der Waals surface area contributed by atoms with E-state index in [1.54, 1.807) is 0 Å². The number of halogens is 3. The van der Waals surface area contributed by atoms with Gasteiger partial charge in [0.05, 0.1) is 5.56 Å². The van der Waals surface area contributed by atoms with Crippen molar-refractivity contribution in [2.24, 2.45) is 0 Å². The lowest BCUT2D eigenvalue weighted by molar-refractivity contribution is -0.138. The van der Waals surface area contributed by atoms with E-state index in [0.717, 1.165) is 22.8 Å². The van der Waals surface area contributed by atoms with Crippen LogP contribution in [0.5, 0.6) is 0 Å². The molecule has 2 aromatic carbocycles. The van der Waals surface area contributed by atoms with Gasteiger partial charge < -0.3 is 5.11 Å². The fourth-order valence-electron chi connectivity index (χ4n) is 3.26. The Morgan fingerprint density at radius 1 is 1.09 bits per heavy atom. The number of carbonyl (C=O) groups is 1. The van der Waals surface area contributed by atoms with Gasteiger partial charge in [0, 0.05) is 12.3 Å². The quantitative estimate of drug-likeness (QED) is 0.897. The van der Waals surface area contributed by atoms with Gasteiger partial charge in [-0.25, -0.2) is 0 Å². The van der Waals surface area contributed by atoms with Gasteiger partial charge in [-0.1, -0.05) is 30.3 Å². The van der Waals surface area contributed by atoms with Crippen LogP contribution < -0.4 is 0 Å². The fourth-order valence-corrected chi connectivity index (χ4v) is 3.26. The maximum atomic E-state index is 12.9. The van der Waals surface area contributed by atoms with E-state index in [0.29, 0.717) is 18.4 Å². The average Bonchev–Trinajstić information content (AvgIpc) is 2.49. The van der Waals surface area contributed by atoms with E-state index in [4.69, 9.17) is 5.11 Å². The van der Waals surface area contributed by atoms with Crippen LogP contribution in [0.4, 0.5) is 13.2 Å². The molecule has 1 N–H and O–H groups in total. The molecule has 120 valence electrons. The molecular formula is C18H15F3O2. The molecule has 1 unspecified atom stereocenters. The van der Waals surface area contributed by atoms with Gasteiger partial charge in [0.1, 0.15) is 0 Å². The molecule has 0 spiro atoms. The molecule has 23 heavy (non-hydrogen) atoms. The van der Waals surface area contributed by atoms with Gasteiger partial charge in [-0.3, -0.25) is 4.79 Å². The number of carboxylic acid groups (broad SMARTS) is 1. The predicted molar refractivity (Wildman–Crippen MR) is 79.4 cm³/mol. The minimum absolute atomic E-state index is 0.0144. The molecule has 0 amide bonds. The maximum Gasteiger partial charge on any atom is 0.416 e. The van der Waals surface area contributed by atoms with Crippen LogP contribution in [-0.2, 0) is 17.4 Å². The lowest BCUT2D eigenvalue weighted by Crippen LogP contribution is -2.16. The van der Waals surface area contributed by atoms with Gasteiger partial charge in [-0.15, -0.1) is 0 Å². The zero-order valence-electron chi connectivity index (χ0n) is 12.2. The Bertz CT molecular complexity index is 750. The van der Waals surface area contributed by atoms with Crippen LogP contribution in [0.25, 0.3) is 0 Å². The van der Waals surface area contributed by atoms with Crippen LogP contribution in [0.2, 0.25) is 0 Å². The summed E-state index contributed by atoms with van der Waals surface area (Å²) in [7, 11) is 0. The molecule has 0 radical (unpaired) electrons. The van der Waals surface area contributed by atoms with Crippen molar-refractivity contribution in [2.75, 3.05) is 0 Å².